The zero-order chi connectivity index (χ0) is 22.2. The van der Waals surface area contributed by atoms with Crippen molar-refractivity contribution in [2.45, 2.75) is 26.9 Å². The van der Waals surface area contributed by atoms with Crippen molar-refractivity contribution in [1.29, 1.82) is 0 Å². The highest BCUT2D eigenvalue weighted by molar-refractivity contribution is 6.13. The van der Waals surface area contributed by atoms with Crippen molar-refractivity contribution in [2.24, 2.45) is 4.99 Å². The highest BCUT2D eigenvalue weighted by Gasteiger charge is 2.32. The van der Waals surface area contributed by atoms with Crippen LogP contribution in [0.15, 0.2) is 41.4 Å². The molecule has 3 rings (SSSR count). The number of nitrogens with zero attached hydrogens (tertiary/aromatic N) is 2. The number of ether oxygens (including phenoxy) is 1. The molecule has 1 N–H and O–H groups in total. The van der Waals surface area contributed by atoms with Gasteiger partial charge in [-0.1, -0.05) is 12.1 Å². The molecule has 3 aromatic rings. The summed E-state index contributed by atoms with van der Waals surface area (Å²) in [7, 11) is 1.23. The van der Waals surface area contributed by atoms with Gasteiger partial charge < -0.3 is 9.84 Å². The molecule has 0 aliphatic heterocycles. The van der Waals surface area contributed by atoms with E-state index in [1.807, 2.05) is 19.9 Å². The second-order valence-electron chi connectivity index (χ2n) is 7.09. The topological polar surface area (TPSA) is 63.8 Å². The highest BCUT2D eigenvalue weighted by atomic mass is 19.4. The monoisotopic (exact) mass is 418 g/mol. The van der Waals surface area contributed by atoms with Crippen LogP contribution in [0.5, 0.6) is 5.88 Å². The molecule has 0 aliphatic carbocycles. The molecule has 0 unspecified atom stereocenters. The summed E-state index contributed by atoms with van der Waals surface area (Å²) < 4.78 is 46.0. The van der Waals surface area contributed by atoms with Gasteiger partial charge in [0.05, 0.1) is 23.8 Å². The summed E-state index contributed by atoms with van der Waals surface area (Å²) in [5, 5.41) is 11.4. The van der Waals surface area contributed by atoms with Crippen LogP contribution in [0.3, 0.4) is 0 Å². The molecule has 0 saturated carbocycles. The minimum absolute atomic E-state index is 0.190. The number of carbonyl (C=O) groups excluding carboxylic acids is 1. The molecule has 0 spiro atoms. The molecule has 0 fully saturated rings. The predicted octanol–water partition coefficient (Wildman–Crippen LogP) is 4.95. The summed E-state index contributed by atoms with van der Waals surface area (Å²) in [6.45, 7) is 5.05. The van der Waals surface area contributed by atoms with Crippen LogP contribution in [0.4, 0.5) is 13.2 Å². The maximum atomic E-state index is 13.3. The first-order valence-electron chi connectivity index (χ1n) is 9.14. The fraction of sp³-hybridized carbons (Fsp3) is 0.273. The molecule has 30 heavy (non-hydrogen) atoms. The Kier molecular flexibility index (Phi) is 5.61. The normalized spacial score (nSPS) is 12.4. The largest absolute Gasteiger partial charge is 0.494 e. The van der Waals surface area contributed by atoms with Crippen molar-refractivity contribution in [1.82, 2.24) is 4.57 Å². The van der Waals surface area contributed by atoms with Crippen molar-refractivity contribution in [3.05, 3.63) is 58.7 Å². The van der Waals surface area contributed by atoms with Gasteiger partial charge in [-0.3, -0.25) is 14.4 Å². The van der Waals surface area contributed by atoms with Crippen molar-refractivity contribution >= 4 is 22.6 Å². The molecular formula is C22H21F3N2O3. The maximum Gasteiger partial charge on any atom is 0.416 e. The molecule has 0 saturated heterocycles. The Morgan fingerprint density at radius 3 is 2.33 bits per heavy atom. The lowest BCUT2D eigenvalue weighted by molar-refractivity contribution is -0.139. The van der Waals surface area contributed by atoms with E-state index in [2.05, 4.69) is 9.73 Å². The number of alkyl halides is 3. The quantitative estimate of drug-likeness (QED) is 0.482. The first-order valence-corrected chi connectivity index (χ1v) is 9.14. The zero-order valence-corrected chi connectivity index (χ0v) is 17.0. The van der Waals surface area contributed by atoms with Gasteiger partial charge in [-0.05, 0) is 56.2 Å². The number of aromatic nitrogens is 1. The predicted molar refractivity (Wildman–Crippen MR) is 109 cm³/mol. The minimum Gasteiger partial charge on any atom is -0.494 e. The van der Waals surface area contributed by atoms with Gasteiger partial charge in [-0.25, -0.2) is 0 Å². The van der Waals surface area contributed by atoms with Crippen LogP contribution in [0.2, 0.25) is 0 Å². The Morgan fingerprint density at radius 1 is 1.13 bits per heavy atom. The van der Waals surface area contributed by atoms with Crippen LogP contribution >= 0.6 is 0 Å². The minimum atomic E-state index is -4.53. The van der Waals surface area contributed by atoms with Gasteiger partial charge in [0.15, 0.2) is 0 Å². The van der Waals surface area contributed by atoms with Gasteiger partial charge in [0.1, 0.15) is 6.54 Å². The number of benzene rings is 2. The molecule has 0 atom stereocenters. The molecule has 1 aromatic heterocycles. The van der Waals surface area contributed by atoms with Crippen LogP contribution in [0.25, 0.3) is 16.6 Å². The van der Waals surface area contributed by atoms with Crippen LogP contribution in [0.1, 0.15) is 29.2 Å². The van der Waals surface area contributed by atoms with Crippen molar-refractivity contribution in [3.63, 3.8) is 0 Å². The first kappa shape index (κ1) is 21.4. The first-order chi connectivity index (χ1) is 14.0. The lowest BCUT2D eigenvalue weighted by Crippen LogP contribution is -2.07. The molecule has 0 bridgehead atoms. The number of carbonyl (C=O) groups is 1. The number of aromatic hydroxyl groups is 1. The average Bonchev–Trinajstić information content (AvgIpc) is 2.95. The number of hydrogen-bond acceptors (Lipinski definition) is 4. The van der Waals surface area contributed by atoms with E-state index in [-0.39, 0.29) is 23.5 Å². The van der Waals surface area contributed by atoms with Gasteiger partial charge in [0, 0.05) is 16.8 Å². The third kappa shape index (κ3) is 4.03. The van der Waals surface area contributed by atoms with E-state index in [9.17, 15) is 23.1 Å². The molecule has 8 heteroatoms. The molecule has 0 aliphatic rings. The Bertz CT molecular complexity index is 1140. The van der Waals surface area contributed by atoms with E-state index >= 15 is 0 Å². The van der Waals surface area contributed by atoms with Gasteiger partial charge in [-0.2, -0.15) is 13.2 Å². The van der Waals surface area contributed by atoms with E-state index in [0.717, 1.165) is 23.3 Å². The second-order valence-corrected chi connectivity index (χ2v) is 7.09. The summed E-state index contributed by atoms with van der Waals surface area (Å²) in [6, 6.07) is 8.75. The van der Waals surface area contributed by atoms with E-state index in [1.54, 1.807) is 19.1 Å². The summed E-state index contributed by atoms with van der Waals surface area (Å²) in [5.41, 5.74) is 2.27. The van der Waals surface area contributed by atoms with Crippen molar-refractivity contribution in [2.75, 3.05) is 13.7 Å². The van der Waals surface area contributed by atoms with Gasteiger partial charge in [0.2, 0.25) is 5.88 Å². The molecule has 0 amide bonds. The zero-order valence-electron chi connectivity index (χ0n) is 17.0. The maximum absolute atomic E-state index is 13.3. The van der Waals surface area contributed by atoms with E-state index in [4.69, 9.17) is 0 Å². The lowest BCUT2D eigenvalue weighted by atomic mass is 10.1. The number of aliphatic imine (C=N–C) groups is 1. The second kappa shape index (κ2) is 7.85. The lowest BCUT2D eigenvalue weighted by Gasteiger charge is -2.11. The van der Waals surface area contributed by atoms with Crippen LogP contribution in [-0.4, -0.2) is 35.0 Å². The molecule has 5 nitrogen and oxygen atoms in total. The fourth-order valence-electron chi connectivity index (χ4n) is 3.48. The van der Waals surface area contributed by atoms with Gasteiger partial charge >= 0.3 is 12.1 Å². The number of fused-ring (bicyclic) bond motifs is 1. The Hall–Kier alpha value is -3.29. The average molecular weight is 418 g/mol. The summed E-state index contributed by atoms with van der Waals surface area (Å²) in [4.78, 5) is 15.6. The van der Waals surface area contributed by atoms with Gasteiger partial charge in [-0.15, -0.1) is 0 Å². The Labute approximate surface area is 171 Å². The van der Waals surface area contributed by atoms with E-state index < -0.39 is 17.7 Å². The van der Waals surface area contributed by atoms with E-state index in [1.165, 1.54) is 17.7 Å². The van der Waals surface area contributed by atoms with Crippen LogP contribution < -0.4 is 0 Å². The number of hydrogen-bond donors (Lipinski definition) is 1. The molecule has 2 aromatic carbocycles. The number of rotatable bonds is 4. The Balaban J connectivity index is 2.33. The SMILES string of the molecule is COC(=O)CN=C(C)c1c(O)n(-c2cc(C)cc(C)c2)c2cc(C(F)(F)F)ccc12. The highest BCUT2D eigenvalue weighted by Crippen LogP contribution is 2.39. The summed E-state index contributed by atoms with van der Waals surface area (Å²) in [5.74, 6) is -0.813. The molecule has 158 valence electrons. The number of halogens is 3. The molecule has 1 heterocycles. The fourth-order valence-corrected chi connectivity index (χ4v) is 3.48. The van der Waals surface area contributed by atoms with Gasteiger partial charge in [0.25, 0.3) is 0 Å². The number of esters is 1. The Morgan fingerprint density at radius 2 is 1.77 bits per heavy atom. The molecular weight excluding hydrogens is 397 g/mol. The van der Waals surface area contributed by atoms with Crippen LogP contribution in [0, 0.1) is 13.8 Å². The summed E-state index contributed by atoms with van der Waals surface area (Å²) in [6.07, 6.45) is -4.53. The molecule has 0 radical (unpaired) electrons. The summed E-state index contributed by atoms with van der Waals surface area (Å²) >= 11 is 0. The third-order valence-corrected chi connectivity index (χ3v) is 4.77. The van der Waals surface area contributed by atoms with Crippen molar-refractivity contribution in [3.8, 4) is 11.6 Å². The van der Waals surface area contributed by atoms with E-state index in [0.29, 0.717) is 16.8 Å². The third-order valence-electron chi connectivity index (χ3n) is 4.77. The van der Waals surface area contributed by atoms with Crippen molar-refractivity contribution < 1.29 is 27.8 Å². The number of aryl methyl sites for hydroxylation is 2. The smallest absolute Gasteiger partial charge is 0.416 e. The number of methoxy groups -OCH3 is 1. The standard InChI is InChI=1S/C22H21F3N2O3/c1-12-7-13(2)9-16(8-12)27-18-10-15(22(23,24)25)5-6-17(18)20(21(27)29)14(3)26-11-19(28)30-4/h5-10,29H,11H2,1-4H3. The van der Waals surface area contributed by atoms with Crippen LogP contribution in [-0.2, 0) is 15.7 Å².